The van der Waals surface area contributed by atoms with E-state index in [2.05, 4.69) is 5.32 Å². The summed E-state index contributed by atoms with van der Waals surface area (Å²) in [6.45, 7) is 4.39. The Morgan fingerprint density at radius 3 is 2.52 bits per heavy atom. The molecule has 9 atom stereocenters. The summed E-state index contributed by atoms with van der Waals surface area (Å²) >= 11 is 0. The van der Waals surface area contributed by atoms with Crippen molar-refractivity contribution in [3.63, 3.8) is 0 Å². The van der Waals surface area contributed by atoms with Crippen molar-refractivity contribution in [3.8, 4) is 0 Å². The highest BCUT2D eigenvalue weighted by atomic mass is 16.5. The molecular weight excluding hydrogens is 522 g/mol. The monoisotopic (exact) mass is 561 g/mol. The summed E-state index contributed by atoms with van der Waals surface area (Å²) < 4.78 is 5.08. The zero-order valence-electron chi connectivity index (χ0n) is 23.1. The summed E-state index contributed by atoms with van der Waals surface area (Å²) in [6.07, 6.45) is 4.52. The zero-order valence-corrected chi connectivity index (χ0v) is 23.1. The van der Waals surface area contributed by atoms with Gasteiger partial charge in [-0.05, 0) is 63.0 Å². The molecule has 4 rings (SSSR count). The Balaban J connectivity index is 1.38. The van der Waals surface area contributed by atoms with Gasteiger partial charge in [0.05, 0.1) is 18.6 Å². The van der Waals surface area contributed by atoms with Gasteiger partial charge in [-0.25, -0.2) is 4.79 Å². The lowest BCUT2D eigenvalue weighted by atomic mass is 9.46. The predicted molar refractivity (Wildman–Crippen MR) is 139 cm³/mol. The maximum atomic E-state index is 13.3. The molecule has 0 aromatic rings. The van der Waals surface area contributed by atoms with E-state index < -0.39 is 77.8 Å². The van der Waals surface area contributed by atoms with Crippen molar-refractivity contribution in [3.05, 3.63) is 23.8 Å². The predicted octanol–water partition coefficient (Wildman–Crippen LogP) is 0.839. The molecule has 0 radical (unpaired) electrons. The molecule has 11 heteroatoms. The Bertz CT molecular complexity index is 1160. The molecule has 0 unspecified atom stereocenters. The molecule has 0 aromatic heterocycles. The fourth-order valence-electron chi connectivity index (χ4n) is 7.98. The molecule has 0 aromatic carbocycles. The highest BCUT2D eigenvalue weighted by molar-refractivity contribution is 6.01. The van der Waals surface area contributed by atoms with E-state index in [0.717, 1.165) is 12.0 Å². The Kier molecular flexibility index (Phi) is 8.14. The van der Waals surface area contributed by atoms with E-state index in [0.29, 0.717) is 12.8 Å². The second-order valence-electron chi connectivity index (χ2n) is 12.3. The highest BCUT2D eigenvalue weighted by Gasteiger charge is 2.68. The number of fused-ring (bicyclic) bond motifs is 5. The van der Waals surface area contributed by atoms with Gasteiger partial charge in [0.1, 0.15) is 5.60 Å². The number of carboxylic acid groups (broad SMARTS) is 1. The summed E-state index contributed by atoms with van der Waals surface area (Å²) in [5.41, 5.74) is -2.19. The number of Topliss-reactive ketones (excluding diaryl/α,β-unsaturated/α-hetero) is 1. The lowest BCUT2D eigenvalue weighted by Crippen LogP contribution is -2.61. The first-order valence-electron chi connectivity index (χ1n) is 13.9. The van der Waals surface area contributed by atoms with E-state index in [1.807, 2.05) is 19.9 Å². The fraction of sp³-hybridized carbons (Fsp3) is 0.690. The average Bonchev–Trinajstić information content (AvgIpc) is 3.15. The first-order valence-corrected chi connectivity index (χ1v) is 13.9. The number of aliphatic hydroxyl groups excluding tert-OH is 2. The molecule has 11 nitrogen and oxygen atoms in total. The van der Waals surface area contributed by atoms with Crippen LogP contribution >= 0.6 is 0 Å². The molecule has 4 aliphatic rings. The van der Waals surface area contributed by atoms with Crippen molar-refractivity contribution in [2.75, 3.05) is 6.61 Å². The van der Waals surface area contributed by atoms with Crippen molar-refractivity contribution in [1.82, 2.24) is 5.32 Å². The Morgan fingerprint density at radius 2 is 1.88 bits per heavy atom. The quantitative estimate of drug-likeness (QED) is 0.252. The van der Waals surface area contributed by atoms with Gasteiger partial charge in [-0.3, -0.25) is 19.2 Å². The largest absolute Gasteiger partial charge is 0.480 e. The number of ether oxygens (including phenoxy) is 1. The molecule has 1 amide bonds. The van der Waals surface area contributed by atoms with Gasteiger partial charge in [-0.1, -0.05) is 25.5 Å². The molecule has 40 heavy (non-hydrogen) atoms. The van der Waals surface area contributed by atoms with Gasteiger partial charge >= 0.3 is 11.9 Å². The van der Waals surface area contributed by atoms with Crippen molar-refractivity contribution in [2.45, 2.75) is 89.6 Å². The number of ketones is 2. The Morgan fingerprint density at radius 1 is 1.18 bits per heavy atom. The molecule has 3 fully saturated rings. The molecule has 0 bridgehead atoms. The molecule has 0 saturated heterocycles. The Hall–Kier alpha value is -2.89. The summed E-state index contributed by atoms with van der Waals surface area (Å²) in [4.78, 5) is 60.6. The number of carbonyl (C=O) groups excluding carboxylic acids is 4. The molecule has 4 aliphatic carbocycles. The summed E-state index contributed by atoms with van der Waals surface area (Å²) in [7, 11) is 0. The van der Waals surface area contributed by atoms with Crippen LogP contribution in [0.15, 0.2) is 23.8 Å². The molecule has 0 heterocycles. The third-order valence-corrected chi connectivity index (χ3v) is 10.1. The number of allylic oxidation sites excluding steroid dienone is 4. The number of aliphatic carboxylic acids is 1. The van der Waals surface area contributed by atoms with Crippen LogP contribution in [0.1, 0.15) is 65.7 Å². The van der Waals surface area contributed by atoms with E-state index in [1.54, 1.807) is 12.2 Å². The van der Waals surface area contributed by atoms with E-state index in [9.17, 15) is 39.3 Å². The number of hydrogen-bond donors (Lipinski definition) is 5. The minimum Gasteiger partial charge on any atom is -0.480 e. The van der Waals surface area contributed by atoms with Crippen molar-refractivity contribution in [1.29, 1.82) is 0 Å². The van der Waals surface area contributed by atoms with Gasteiger partial charge in [-0.2, -0.15) is 0 Å². The third-order valence-electron chi connectivity index (χ3n) is 10.1. The molecule has 5 N–H and O–H groups in total. The maximum Gasteiger partial charge on any atom is 0.328 e. The van der Waals surface area contributed by atoms with Crippen molar-refractivity contribution >= 4 is 29.4 Å². The van der Waals surface area contributed by atoms with Crippen molar-refractivity contribution < 1.29 is 49.1 Å². The lowest BCUT2D eigenvalue weighted by molar-refractivity contribution is -0.181. The van der Waals surface area contributed by atoms with Crippen LogP contribution in [0.2, 0.25) is 0 Å². The van der Waals surface area contributed by atoms with Crippen LogP contribution in [0.5, 0.6) is 0 Å². The second kappa shape index (κ2) is 10.8. The van der Waals surface area contributed by atoms with Crippen LogP contribution in [0.3, 0.4) is 0 Å². The maximum absolute atomic E-state index is 13.3. The number of amides is 1. The summed E-state index contributed by atoms with van der Waals surface area (Å²) in [5.74, 6) is -3.93. The number of rotatable bonds is 9. The first-order chi connectivity index (χ1) is 18.6. The summed E-state index contributed by atoms with van der Waals surface area (Å²) in [5, 5.41) is 43.8. The topological polar surface area (TPSA) is 188 Å². The van der Waals surface area contributed by atoms with Gasteiger partial charge < -0.3 is 30.5 Å². The van der Waals surface area contributed by atoms with Crippen LogP contribution in [-0.2, 0) is 28.7 Å². The van der Waals surface area contributed by atoms with Gasteiger partial charge in [-0.15, -0.1) is 0 Å². The Labute approximate surface area is 232 Å². The first kappa shape index (κ1) is 30.1. The van der Waals surface area contributed by atoms with Crippen LogP contribution < -0.4 is 5.32 Å². The number of carboxylic acids is 1. The molecule has 0 spiro atoms. The van der Waals surface area contributed by atoms with E-state index >= 15 is 0 Å². The third kappa shape index (κ3) is 5.03. The normalized spacial score (nSPS) is 37.8. The van der Waals surface area contributed by atoms with Gasteiger partial charge in [0.2, 0.25) is 11.7 Å². The molecule has 0 aliphatic heterocycles. The lowest BCUT2D eigenvalue weighted by Gasteiger charge is -2.59. The standard InChI is InChI=1S/C29H39NO10/c1-15(31)25(26(37)38)30-22(35)6-7-23(36)40-14-21(34)29(39)11-9-19-18-5-4-16-12-17(32)8-10-27(16,2)24(18)20(33)13-28(19,29)3/h8,10,12,15,18-20,24-25,31,33,39H,4-7,9,11,13-14H2,1-3H3,(H,30,35)(H,37,38)/t15-,18+,19+,20+,24-,25+,27+,28+,29+/m1/s1. The van der Waals surface area contributed by atoms with E-state index in [4.69, 9.17) is 9.84 Å². The van der Waals surface area contributed by atoms with E-state index in [-0.39, 0.29) is 36.4 Å². The van der Waals surface area contributed by atoms with Crippen LogP contribution in [0.25, 0.3) is 0 Å². The van der Waals surface area contributed by atoms with Crippen LogP contribution in [0, 0.1) is 28.6 Å². The fourth-order valence-corrected chi connectivity index (χ4v) is 7.98. The number of esters is 1. The van der Waals surface area contributed by atoms with Gasteiger partial charge in [0, 0.05) is 23.2 Å². The number of carbonyl (C=O) groups is 5. The van der Waals surface area contributed by atoms with Crippen LogP contribution in [0.4, 0.5) is 0 Å². The smallest absolute Gasteiger partial charge is 0.328 e. The van der Waals surface area contributed by atoms with Crippen molar-refractivity contribution in [2.24, 2.45) is 28.6 Å². The van der Waals surface area contributed by atoms with Gasteiger partial charge in [0.15, 0.2) is 18.4 Å². The van der Waals surface area contributed by atoms with E-state index in [1.165, 1.54) is 6.92 Å². The summed E-state index contributed by atoms with van der Waals surface area (Å²) in [6, 6.07) is -1.52. The highest BCUT2D eigenvalue weighted by Crippen LogP contribution is 2.67. The minimum atomic E-state index is -1.80. The van der Waals surface area contributed by atoms with Crippen LogP contribution in [-0.4, -0.2) is 80.3 Å². The minimum absolute atomic E-state index is 0.0351. The number of nitrogens with one attached hydrogen (secondary N) is 1. The zero-order chi connectivity index (χ0) is 29.6. The number of aliphatic hydroxyl groups is 3. The molecular formula is C29H39NO10. The second-order valence-corrected chi connectivity index (χ2v) is 12.3. The van der Waals surface area contributed by atoms with Gasteiger partial charge in [0.25, 0.3) is 0 Å². The average molecular weight is 562 g/mol. The molecule has 3 saturated carbocycles. The number of hydrogen-bond acceptors (Lipinski definition) is 9. The molecule has 220 valence electrons. The SMILES string of the molecule is C[C@@H](O)[C@H](NC(=O)CCC(=O)OCC(=O)[C@@]1(O)CC[C@H]2[C@@H]3CCC4=CC(=O)C=C[C@]4(C)[C@H]3[C@@H](O)C[C@@]21C)C(=O)O.